The van der Waals surface area contributed by atoms with Crippen molar-refractivity contribution in [1.29, 1.82) is 0 Å². The Balaban J connectivity index is 2.50. The number of aromatic nitrogens is 2. The van der Waals surface area contributed by atoms with E-state index >= 15 is 0 Å². The maximum absolute atomic E-state index is 6.27. The summed E-state index contributed by atoms with van der Waals surface area (Å²) in [5.41, 5.74) is 2.99. The van der Waals surface area contributed by atoms with Crippen LogP contribution in [-0.2, 0) is 6.42 Å². The van der Waals surface area contributed by atoms with Crippen molar-refractivity contribution >= 4 is 17.2 Å². The molecule has 0 spiro atoms. The van der Waals surface area contributed by atoms with Crippen LogP contribution in [0.1, 0.15) is 11.4 Å². The van der Waals surface area contributed by atoms with Crippen LogP contribution in [0.2, 0.25) is 5.15 Å². The van der Waals surface area contributed by atoms with Crippen LogP contribution in [-0.4, -0.2) is 23.0 Å². The summed E-state index contributed by atoms with van der Waals surface area (Å²) < 4.78 is 1.98. The fourth-order valence-electron chi connectivity index (χ4n) is 1.66. The molecule has 0 saturated carbocycles. The Bertz CT molecular complexity index is 476. The van der Waals surface area contributed by atoms with Crippen molar-refractivity contribution in [2.24, 2.45) is 0 Å². The second kappa shape index (κ2) is 4.21. The lowest BCUT2D eigenvalue weighted by Crippen LogP contribution is -2.10. The van der Waals surface area contributed by atoms with Gasteiger partial charge in [-0.1, -0.05) is 17.7 Å². The van der Waals surface area contributed by atoms with Gasteiger partial charge in [0, 0.05) is 18.7 Å². The molecular formula is C11H14ClN3. The predicted octanol–water partition coefficient (Wildman–Crippen LogP) is 2.06. The Morgan fingerprint density at radius 3 is 2.93 bits per heavy atom. The van der Waals surface area contributed by atoms with E-state index < -0.39 is 0 Å². The molecule has 1 N–H and O–H groups in total. The van der Waals surface area contributed by atoms with Crippen molar-refractivity contribution in [3.8, 4) is 0 Å². The summed E-state index contributed by atoms with van der Waals surface area (Å²) in [4.78, 5) is 4.50. The molecule has 15 heavy (non-hydrogen) atoms. The quantitative estimate of drug-likeness (QED) is 0.863. The van der Waals surface area contributed by atoms with Crippen molar-refractivity contribution in [1.82, 2.24) is 14.7 Å². The fraction of sp³-hybridized carbons (Fsp3) is 0.364. The van der Waals surface area contributed by atoms with Crippen molar-refractivity contribution in [2.75, 3.05) is 13.6 Å². The Morgan fingerprint density at radius 1 is 1.47 bits per heavy atom. The molecule has 0 atom stereocenters. The van der Waals surface area contributed by atoms with Gasteiger partial charge >= 0.3 is 0 Å². The lowest BCUT2D eigenvalue weighted by Gasteiger charge is -2.00. The number of rotatable bonds is 3. The third-order valence-corrected chi connectivity index (χ3v) is 2.85. The highest BCUT2D eigenvalue weighted by atomic mass is 35.5. The highest BCUT2D eigenvalue weighted by molar-refractivity contribution is 6.30. The maximum atomic E-state index is 6.27. The van der Waals surface area contributed by atoms with Gasteiger partial charge in [0.25, 0.3) is 0 Å². The Hall–Kier alpha value is -1.06. The van der Waals surface area contributed by atoms with Crippen LogP contribution in [0.5, 0.6) is 0 Å². The third kappa shape index (κ3) is 1.85. The molecule has 0 radical (unpaired) electrons. The summed E-state index contributed by atoms with van der Waals surface area (Å²) in [6, 6.07) is 6.00. The number of fused-ring (bicyclic) bond motifs is 1. The van der Waals surface area contributed by atoms with E-state index in [0.717, 1.165) is 35.2 Å². The van der Waals surface area contributed by atoms with Crippen LogP contribution in [0.3, 0.4) is 0 Å². The van der Waals surface area contributed by atoms with E-state index in [2.05, 4.69) is 10.3 Å². The summed E-state index contributed by atoms with van der Waals surface area (Å²) in [6.45, 7) is 2.92. The number of aryl methyl sites for hydroxylation is 1. The van der Waals surface area contributed by atoms with E-state index in [0.29, 0.717) is 0 Å². The largest absolute Gasteiger partial charge is 0.319 e. The van der Waals surface area contributed by atoms with Gasteiger partial charge in [0.2, 0.25) is 0 Å². The summed E-state index contributed by atoms with van der Waals surface area (Å²) in [5, 5.41) is 3.83. The second-order valence-electron chi connectivity index (χ2n) is 3.56. The molecule has 0 fully saturated rings. The minimum Gasteiger partial charge on any atom is -0.319 e. The Morgan fingerprint density at radius 2 is 2.27 bits per heavy atom. The Kier molecular flexibility index (Phi) is 2.93. The van der Waals surface area contributed by atoms with E-state index in [1.165, 1.54) is 0 Å². The molecule has 80 valence electrons. The standard InChI is InChI=1S/C11H14ClN3/c1-8-4-3-5-10-14-9(6-7-13-2)11(12)15(8)10/h3-5,13H,6-7H2,1-2H3. The lowest BCUT2D eigenvalue weighted by atomic mass is 10.3. The minimum atomic E-state index is 0.735. The first-order chi connectivity index (χ1) is 7.24. The average Bonchev–Trinajstić information content (AvgIpc) is 2.54. The molecule has 2 aromatic heterocycles. The highest BCUT2D eigenvalue weighted by Gasteiger charge is 2.10. The molecule has 4 heteroatoms. The van der Waals surface area contributed by atoms with Gasteiger partial charge in [-0.3, -0.25) is 4.40 Å². The predicted molar refractivity (Wildman–Crippen MR) is 62.6 cm³/mol. The smallest absolute Gasteiger partial charge is 0.138 e. The Labute approximate surface area is 94.1 Å². The number of nitrogens with one attached hydrogen (secondary N) is 1. The van der Waals surface area contributed by atoms with Crippen LogP contribution in [0.25, 0.3) is 5.65 Å². The van der Waals surface area contributed by atoms with Gasteiger partial charge in [-0.25, -0.2) is 4.98 Å². The molecule has 0 amide bonds. The summed E-state index contributed by atoms with van der Waals surface area (Å²) in [6.07, 6.45) is 0.858. The zero-order valence-corrected chi connectivity index (χ0v) is 9.67. The van der Waals surface area contributed by atoms with Crippen LogP contribution in [0.4, 0.5) is 0 Å². The number of halogens is 1. The summed E-state index contributed by atoms with van der Waals surface area (Å²) in [5.74, 6) is 0. The van der Waals surface area contributed by atoms with Crippen molar-refractivity contribution in [2.45, 2.75) is 13.3 Å². The van der Waals surface area contributed by atoms with Gasteiger partial charge in [0.15, 0.2) is 0 Å². The molecule has 2 aromatic rings. The van der Waals surface area contributed by atoms with E-state index in [9.17, 15) is 0 Å². The molecule has 0 aliphatic carbocycles. The topological polar surface area (TPSA) is 29.3 Å². The number of nitrogens with zero attached hydrogens (tertiary/aromatic N) is 2. The van der Waals surface area contributed by atoms with E-state index in [-0.39, 0.29) is 0 Å². The van der Waals surface area contributed by atoms with Crippen molar-refractivity contribution < 1.29 is 0 Å². The first-order valence-electron chi connectivity index (χ1n) is 5.01. The summed E-state index contributed by atoms with van der Waals surface area (Å²) in [7, 11) is 1.93. The van der Waals surface area contributed by atoms with Crippen LogP contribution < -0.4 is 5.32 Å². The average molecular weight is 224 g/mol. The molecule has 2 heterocycles. The van der Waals surface area contributed by atoms with Gasteiger partial charge in [0.1, 0.15) is 10.8 Å². The number of hydrogen-bond donors (Lipinski definition) is 1. The normalized spacial score (nSPS) is 11.1. The van der Waals surface area contributed by atoms with Crippen molar-refractivity contribution in [3.63, 3.8) is 0 Å². The van der Waals surface area contributed by atoms with E-state index in [4.69, 9.17) is 11.6 Å². The van der Waals surface area contributed by atoms with Gasteiger partial charge < -0.3 is 5.32 Å². The van der Waals surface area contributed by atoms with Gasteiger partial charge in [-0.15, -0.1) is 0 Å². The number of likely N-dealkylation sites (N-methyl/N-ethyl adjacent to an activating group) is 1. The lowest BCUT2D eigenvalue weighted by molar-refractivity contribution is 0.780. The number of pyridine rings is 1. The second-order valence-corrected chi connectivity index (χ2v) is 3.92. The first-order valence-corrected chi connectivity index (χ1v) is 5.39. The molecule has 0 saturated heterocycles. The van der Waals surface area contributed by atoms with Gasteiger partial charge in [-0.2, -0.15) is 0 Å². The highest BCUT2D eigenvalue weighted by Crippen LogP contribution is 2.20. The molecular weight excluding hydrogens is 210 g/mol. The molecule has 0 aliphatic rings. The maximum Gasteiger partial charge on any atom is 0.138 e. The third-order valence-electron chi connectivity index (χ3n) is 2.46. The van der Waals surface area contributed by atoms with Gasteiger partial charge in [-0.05, 0) is 26.1 Å². The van der Waals surface area contributed by atoms with Crippen LogP contribution in [0, 0.1) is 6.92 Å². The molecule has 3 nitrogen and oxygen atoms in total. The molecule has 0 aliphatic heterocycles. The zero-order chi connectivity index (χ0) is 10.8. The number of imidazole rings is 1. The zero-order valence-electron chi connectivity index (χ0n) is 8.92. The first kappa shape index (κ1) is 10.5. The SMILES string of the molecule is CNCCc1nc2cccc(C)n2c1Cl. The van der Waals surface area contributed by atoms with Crippen LogP contribution >= 0.6 is 11.6 Å². The monoisotopic (exact) mass is 223 g/mol. The van der Waals surface area contributed by atoms with Crippen LogP contribution in [0.15, 0.2) is 18.2 Å². The van der Waals surface area contributed by atoms with Gasteiger partial charge in [0.05, 0.1) is 5.69 Å². The van der Waals surface area contributed by atoms with E-state index in [1.807, 2.05) is 36.6 Å². The molecule has 0 aromatic carbocycles. The molecule has 0 bridgehead atoms. The fourth-order valence-corrected chi connectivity index (χ4v) is 2.02. The molecule has 2 rings (SSSR count). The minimum absolute atomic E-state index is 0.735. The van der Waals surface area contributed by atoms with E-state index in [1.54, 1.807) is 0 Å². The molecule has 0 unspecified atom stereocenters. The summed E-state index contributed by atoms with van der Waals surface area (Å²) >= 11 is 6.27. The number of hydrogen-bond acceptors (Lipinski definition) is 2. The van der Waals surface area contributed by atoms with Crippen molar-refractivity contribution in [3.05, 3.63) is 34.7 Å².